The molecule has 0 N–H and O–H groups in total. The van der Waals surface area contributed by atoms with Crippen LogP contribution in [0.25, 0.3) is 0 Å². The zero-order valence-corrected chi connectivity index (χ0v) is 13.8. The van der Waals surface area contributed by atoms with Crippen LogP contribution < -0.4 is 0 Å². The van der Waals surface area contributed by atoms with Crippen molar-refractivity contribution >= 4 is 18.1 Å². The lowest BCUT2D eigenvalue weighted by atomic mass is 9.95. The number of carbonyl (C=O) groups is 3. The molecule has 2 aliphatic heterocycles. The molecule has 0 saturated carbocycles. The molecule has 0 unspecified atom stereocenters. The maximum Gasteiger partial charge on any atom is 0.409 e. The minimum atomic E-state index is -0.334. The Bertz CT molecular complexity index is 440. The molecule has 0 aromatic rings. The highest BCUT2D eigenvalue weighted by molar-refractivity contribution is 5.80. The molecule has 0 atom stereocenters. The molecule has 8 nitrogen and oxygen atoms in total. The highest BCUT2D eigenvalue weighted by Crippen LogP contribution is 2.21. The second-order valence-electron chi connectivity index (χ2n) is 5.74. The van der Waals surface area contributed by atoms with Gasteiger partial charge in [-0.25, -0.2) is 9.59 Å². The summed E-state index contributed by atoms with van der Waals surface area (Å²) in [4.78, 5) is 40.7. The Morgan fingerprint density at radius 3 is 1.91 bits per heavy atom. The summed E-state index contributed by atoms with van der Waals surface area (Å²) in [5.74, 6) is 0.0723. The Balaban J connectivity index is 1.77. The Morgan fingerprint density at radius 2 is 1.39 bits per heavy atom. The summed E-state index contributed by atoms with van der Waals surface area (Å²) in [6, 6.07) is 0. The highest BCUT2D eigenvalue weighted by atomic mass is 16.6. The van der Waals surface area contributed by atoms with Gasteiger partial charge >= 0.3 is 12.2 Å². The van der Waals surface area contributed by atoms with E-state index in [9.17, 15) is 14.4 Å². The Hall–Kier alpha value is -1.99. The minimum Gasteiger partial charge on any atom is -0.453 e. The fourth-order valence-electron chi connectivity index (χ4n) is 3.02. The van der Waals surface area contributed by atoms with E-state index >= 15 is 0 Å². The van der Waals surface area contributed by atoms with Crippen molar-refractivity contribution in [2.75, 3.05) is 53.0 Å². The standard InChI is InChI=1S/C15H25N3O5/c1-3-23-15(21)18-10-8-16(9-11-18)13(19)12-4-6-17(7-5-12)14(20)22-2/h12H,3-11H2,1-2H3. The van der Waals surface area contributed by atoms with E-state index in [1.165, 1.54) is 7.11 Å². The molecule has 0 aromatic carbocycles. The number of hydrogen-bond acceptors (Lipinski definition) is 5. The van der Waals surface area contributed by atoms with E-state index in [4.69, 9.17) is 9.47 Å². The molecule has 130 valence electrons. The summed E-state index contributed by atoms with van der Waals surface area (Å²) >= 11 is 0. The predicted molar refractivity (Wildman–Crippen MR) is 81.9 cm³/mol. The van der Waals surface area contributed by atoms with Crippen LogP contribution in [0.5, 0.6) is 0 Å². The third-order valence-corrected chi connectivity index (χ3v) is 4.39. The fourth-order valence-corrected chi connectivity index (χ4v) is 3.02. The van der Waals surface area contributed by atoms with Gasteiger partial charge in [0.25, 0.3) is 0 Å². The van der Waals surface area contributed by atoms with Gasteiger partial charge in [-0.15, -0.1) is 0 Å². The second-order valence-corrected chi connectivity index (χ2v) is 5.74. The second kappa shape index (κ2) is 8.03. The topological polar surface area (TPSA) is 79.4 Å². The van der Waals surface area contributed by atoms with E-state index in [1.54, 1.807) is 16.7 Å². The van der Waals surface area contributed by atoms with Crippen molar-refractivity contribution in [3.63, 3.8) is 0 Å². The van der Waals surface area contributed by atoms with Crippen molar-refractivity contribution in [1.82, 2.24) is 14.7 Å². The van der Waals surface area contributed by atoms with Crippen LogP contribution in [-0.4, -0.2) is 85.8 Å². The number of amides is 3. The molecule has 0 spiro atoms. The number of piperazine rings is 1. The Kier molecular flexibility index (Phi) is 6.06. The molecule has 3 amide bonds. The van der Waals surface area contributed by atoms with E-state index in [0.717, 1.165) is 0 Å². The summed E-state index contributed by atoms with van der Waals surface area (Å²) < 4.78 is 9.67. The Morgan fingerprint density at radius 1 is 0.870 bits per heavy atom. The van der Waals surface area contributed by atoms with Crippen molar-refractivity contribution in [3.05, 3.63) is 0 Å². The number of likely N-dealkylation sites (tertiary alicyclic amines) is 1. The maximum atomic E-state index is 12.6. The first kappa shape index (κ1) is 17.4. The number of ether oxygens (including phenoxy) is 2. The molecule has 2 rings (SSSR count). The van der Waals surface area contributed by atoms with Crippen molar-refractivity contribution in [1.29, 1.82) is 0 Å². The van der Waals surface area contributed by atoms with Gasteiger partial charge < -0.3 is 24.2 Å². The molecule has 2 saturated heterocycles. The van der Waals surface area contributed by atoms with Gasteiger partial charge in [-0.3, -0.25) is 4.79 Å². The zero-order valence-electron chi connectivity index (χ0n) is 13.8. The predicted octanol–water partition coefficient (Wildman–Crippen LogP) is 0.766. The summed E-state index contributed by atoms with van der Waals surface area (Å²) in [7, 11) is 1.36. The van der Waals surface area contributed by atoms with Crippen molar-refractivity contribution in [2.24, 2.45) is 5.92 Å². The number of piperidine rings is 1. The maximum absolute atomic E-state index is 12.6. The largest absolute Gasteiger partial charge is 0.453 e. The zero-order chi connectivity index (χ0) is 16.8. The molecule has 8 heteroatoms. The number of nitrogens with zero attached hydrogens (tertiary/aromatic N) is 3. The number of hydrogen-bond donors (Lipinski definition) is 0. The lowest BCUT2D eigenvalue weighted by molar-refractivity contribution is -0.138. The van der Waals surface area contributed by atoms with Crippen molar-refractivity contribution in [3.8, 4) is 0 Å². The molecular weight excluding hydrogens is 302 g/mol. The molecule has 2 aliphatic rings. The molecule has 2 heterocycles. The molecule has 0 bridgehead atoms. The summed E-state index contributed by atoms with van der Waals surface area (Å²) in [5, 5.41) is 0. The minimum absolute atomic E-state index is 0.0509. The number of rotatable bonds is 2. The van der Waals surface area contributed by atoms with Gasteiger partial charge in [0.15, 0.2) is 0 Å². The van der Waals surface area contributed by atoms with E-state index in [1.807, 2.05) is 4.90 Å². The van der Waals surface area contributed by atoms with Gasteiger partial charge in [0.2, 0.25) is 5.91 Å². The number of carbonyl (C=O) groups excluding carboxylic acids is 3. The van der Waals surface area contributed by atoms with Gasteiger partial charge in [-0.05, 0) is 19.8 Å². The molecular formula is C15H25N3O5. The van der Waals surface area contributed by atoms with Crippen molar-refractivity contribution in [2.45, 2.75) is 19.8 Å². The van der Waals surface area contributed by atoms with E-state index in [2.05, 4.69) is 0 Å². The summed E-state index contributed by atoms with van der Waals surface area (Å²) in [6.07, 6.45) is 0.669. The fraction of sp³-hybridized carbons (Fsp3) is 0.800. The smallest absolute Gasteiger partial charge is 0.409 e. The van der Waals surface area contributed by atoms with Gasteiger partial charge in [0, 0.05) is 45.2 Å². The van der Waals surface area contributed by atoms with Crippen LogP contribution in [0.1, 0.15) is 19.8 Å². The third-order valence-electron chi connectivity index (χ3n) is 4.39. The van der Waals surface area contributed by atoms with Crippen LogP contribution in [-0.2, 0) is 14.3 Å². The first-order chi connectivity index (χ1) is 11.1. The molecule has 0 aliphatic carbocycles. The van der Waals surface area contributed by atoms with E-state index < -0.39 is 0 Å². The molecule has 0 aromatic heterocycles. The Labute approximate surface area is 136 Å². The lowest BCUT2D eigenvalue weighted by Crippen LogP contribution is -2.53. The van der Waals surface area contributed by atoms with Crippen LogP contribution in [0.2, 0.25) is 0 Å². The van der Waals surface area contributed by atoms with Crippen LogP contribution in [0, 0.1) is 5.92 Å². The first-order valence-corrected chi connectivity index (χ1v) is 8.10. The molecule has 23 heavy (non-hydrogen) atoms. The van der Waals surface area contributed by atoms with Crippen molar-refractivity contribution < 1.29 is 23.9 Å². The molecule has 0 radical (unpaired) electrons. The number of methoxy groups -OCH3 is 1. The summed E-state index contributed by atoms with van der Waals surface area (Å²) in [5.41, 5.74) is 0. The monoisotopic (exact) mass is 327 g/mol. The first-order valence-electron chi connectivity index (χ1n) is 8.10. The van der Waals surface area contributed by atoms with E-state index in [0.29, 0.717) is 58.7 Å². The summed E-state index contributed by atoms with van der Waals surface area (Å²) in [6.45, 7) is 5.31. The van der Waals surface area contributed by atoms with Gasteiger partial charge in [-0.1, -0.05) is 0 Å². The van der Waals surface area contributed by atoms with Crippen LogP contribution in [0.4, 0.5) is 9.59 Å². The van der Waals surface area contributed by atoms with Crippen LogP contribution in [0.3, 0.4) is 0 Å². The van der Waals surface area contributed by atoms with Gasteiger partial charge in [0.05, 0.1) is 13.7 Å². The van der Waals surface area contributed by atoms with Crippen LogP contribution in [0.15, 0.2) is 0 Å². The van der Waals surface area contributed by atoms with Crippen LogP contribution >= 0.6 is 0 Å². The van der Waals surface area contributed by atoms with E-state index in [-0.39, 0.29) is 24.0 Å². The van der Waals surface area contributed by atoms with Gasteiger partial charge in [0.1, 0.15) is 0 Å². The molecule has 2 fully saturated rings. The SMILES string of the molecule is CCOC(=O)N1CCN(C(=O)C2CCN(C(=O)OC)CC2)CC1. The average Bonchev–Trinajstić information content (AvgIpc) is 2.61. The normalized spacial score (nSPS) is 19.5. The highest BCUT2D eigenvalue weighted by Gasteiger charge is 2.32. The quantitative estimate of drug-likeness (QED) is 0.748. The lowest BCUT2D eigenvalue weighted by Gasteiger charge is -2.37. The van der Waals surface area contributed by atoms with Gasteiger partial charge in [-0.2, -0.15) is 0 Å². The third kappa shape index (κ3) is 4.27. The average molecular weight is 327 g/mol.